The summed E-state index contributed by atoms with van der Waals surface area (Å²) < 4.78 is 24.1. The molecule has 3 rings (SSSR count). The van der Waals surface area contributed by atoms with Crippen LogP contribution in [0.15, 0.2) is 23.2 Å². The number of benzene rings is 1. The third-order valence-corrected chi connectivity index (χ3v) is 7.82. The summed E-state index contributed by atoms with van der Waals surface area (Å²) in [7, 11) is -3.12. The van der Waals surface area contributed by atoms with Gasteiger partial charge in [0, 0.05) is 17.4 Å². The first kappa shape index (κ1) is 18.9. The van der Waals surface area contributed by atoms with Crippen LogP contribution in [0.4, 0.5) is 5.69 Å². The zero-order chi connectivity index (χ0) is 19.1. The van der Waals surface area contributed by atoms with Crippen LogP contribution >= 0.6 is 11.8 Å². The lowest BCUT2D eigenvalue weighted by Gasteiger charge is -2.25. The number of carboxylic acid groups (broad SMARTS) is 1. The van der Waals surface area contributed by atoms with Crippen LogP contribution in [0, 0.1) is 13.8 Å². The number of nitrogens with zero attached hydrogens (tertiary/aromatic N) is 2. The lowest BCUT2D eigenvalue weighted by atomic mass is 10.1. The van der Waals surface area contributed by atoms with Crippen LogP contribution in [0.25, 0.3) is 0 Å². The van der Waals surface area contributed by atoms with Gasteiger partial charge in [-0.25, -0.2) is 8.42 Å². The van der Waals surface area contributed by atoms with Gasteiger partial charge in [-0.15, -0.1) is 0 Å². The quantitative estimate of drug-likeness (QED) is 0.827. The predicted molar refractivity (Wildman–Crippen MR) is 102 cm³/mol. The summed E-state index contributed by atoms with van der Waals surface area (Å²) >= 11 is 1.29. The molecular weight excluding hydrogens is 376 g/mol. The molecule has 2 fully saturated rings. The number of amides is 1. The smallest absolute Gasteiger partial charge is 0.303 e. The number of hydrogen-bond acceptors (Lipinski definition) is 5. The highest BCUT2D eigenvalue weighted by Crippen LogP contribution is 2.41. The standard InChI is InChI=1S/C17H20N2O5S2/c1-10-3-4-12(7-11(10)2)19-13-8-26(23,24)9-14(13)25-17(19)18-15(20)5-6-16(21)22/h3-4,7,13-14H,5-6,8-9H2,1-2H3,(H,21,22)/t13-,14-/m1/s1. The Hall–Kier alpha value is -1.87. The number of thioether (sulfide) groups is 1. The Bertz CT molecular complexity index is 894. The van der Waals surface area contributed by atoms with E-state index >= 15 is 0 Å². The molecule has 7 nitrogen and oxygen atoms in total. The van der Waals surface area contributed by atoms with Crippen molar-refractivity contribution < 1.29 is 23.1 Å². The third-order valence-electron chi connectivity index (χ3n) is 4.61. The molecule has 1 aromatic carbocycles. The highest BCUT2D eigenvalue weighted by molar-refractivity contribution is 8.16. The fraction of sp³-hybridized carbons (Fsp3) is 0.471. The minimum atomic E-state index is -3.12. The molecule has 9 heteroatoms. The van der Waals surface area contributed by atoms with Gasteiger partial charge in [0.15, 0.2) is 15.0 Å². The molecule has 0 spiro atoms. The Balaban J connectivity index is 1.94. The number of carbonyl (C=O) groups excluding carboxylic acids is 1. The Morgan fingerprint density at radius 1 is 1.23 bits per heavy atom. The number of aliphatic carboxylic acids is 1. The van der Waals surface area contributed by atoms with Crippen molar-refractivity contribution in [2.45, 2.75) is 38.0 Å². The van der Waals surface area contributed by atoms with Gasteiger partial charge in [0.1, 0.15) is 0 Å². The van der Waals surface area contributed by atoms with Gasteiger partial charge >= 0.3 is 5.97 Å². The third kappa shape index (κ3) is 3.93. The molecule has 1 N–H and O–H groups in total. The molecule has 2 aliphatic rings. The summed E-state index contributed by atoms with van der Waals surface area (Å²) in [6.45, 7) is 3.96. The number of carbonyl (C=O) groups is 2. The van der Waals surface area contributed by atoms with E-state index in [9.17, 15) is 18.0 Å². The fourth-order valence-electron chi connectivity index (χ4n) is 3.12. The molecule has 2 aliphatic heterocycles. The van der Waals surface area contributed by atoms with E-state index in [-0.39, 0.29) is 35.6 Å². The van der Waals surface area contributed by atoms with Crippen molar-refractivity contribution in [3.05, 3.63) is 29.3 Å². The van der Waals surface area contributed by atoms with Gasteiger partial charge in [-0.05, 0) is 37.1 Å². The average molecular weight is 396 g/mol. The fourth-order valence-corrected chi connectivity index (χ4v) is 7.05. The highest BCUT2D eigenvalue weighted by Gasteiger charge is 2.49. The van der Waals surface area contributed by atoms with E-state index in [0.29, 0.717) is 5.17 Å². The lowest BCUT2D eigenvalue weighted by Crippen LogP contribution is -2.37. The summed E-state index contributed by atoms with van der Waals surface area (Å²) in [6, 6.07) is 5.54. The first-order valence-electron chi connectivity index (χ1n) is 8.23. The van der Waals surface area contributed by atoms with Crippen LogP contribution in [-0.4, -0.2) is 53.4 Å². The molecule has 2 atom stereocenters. The van der Waals surface area contributed by atoms with Crippen molar-refractivity contribution in [2.75, 3.05) is 16.4 Å². The Kier molecular flexibility index (Phi) is 5.12. The maximum Gasteiger partial charge on any atom is 0.303 e. The zero-order valence-corrected chi connectivity index (χ0v) is 16.1. The molecule has 26 heavy (non-hydrogen) atoms. The first-order valence-corrected chi connectivity index (χ1v) is 10.9. The van der Waals surface area contributed by atoms with Crippen molar-refractivity contribution in [2.24, 2.45) is 4.99 Å². The van der Waals surface area contributed by atoms with Gasteiger partial charge in [-0.1, -0.05) is 17.8 Å². The molecule has 0 unspecified atom stereocenters. The summed E-state index contributed by atoms with van der Waals surface area (Å²) in [6.07, 6.45) is -0.445. The molecule has 0 saturated carbocycles. The van der Waals surface area contributed by atoms with E-state index in [1.807, 2.05) is 36.9 Å². The van der Waals surface area contributed by atoms with E-state index in [4.69, 9.17) is 5.11 Å². The number of fused-ring (bicyclic) bond motifs is 1. The molecule has 0 radical (unpaired) electrons. The summed E-state index contributed by atoms with van der Waals surface area (Å²) in [5.41, 5.74) is 2.98. The molecule has 2 heterocycles. The number of hydrogen-bond donors (Lipinski definition) is 1. The van der Waals surface area contributed by atoms with Gasteiger partial charge in [-0.2, -0.15) is 4.99 Å². The molecule has 1 amide bonds. The molecular formula is C17H20N2O5S2. The predicted octanol–water partition coefficient (Wildman–Crippen LogP) is 1.77. The van der Waals surface area contributed by atoms with E-state index in [1.165, 1.54) is 11.8 Å². The van der Waals surface area contributed by atoms with Crippen LogP contribution in [0.1, 0.15) is 24.0 Å². The van der Waals surface area contributed by atoms with E-state index in [1.54, 1.807) is 0 Å². The van der Waals surface area contributed by atoms with Gasteiger partial charge in [0.25, 0.3) is 0 Å². The first-order chi connectivity index (χ1) is 12.2. The number of anilines is 1. The van der Waals surface area contributed by atoms with Crippen LogP contribution in [0.2, 0.25) is 0 Å². The minimum absolute atomic E-state index is 0.0277. The summed E-state index contributed by atoms with van der Waals surface area (Å²) in [4.78, 5) is 28.6. The normalized spacial score (nSPS) is 25.5. The van der Waals surface area contributed by atoms with Crippen LogP contribution in [0.5, 0.6) is 0 Å². The monoisotopic (exact) mass is 396 g/mol. The van der Waals surface area contributed by atoms with Gasteiger partial charge in [-0.3, -0.25) is 9.59 Å². The average Bonchev–Trinajstić information content (AvgIpc) is 2.99. The second-order valence-electron chi connectivity index (χ2n) is 6.62. The van der Waals surface area contributed by atoms with Crippen LogP contribution in [-0.2, 0) is 19.4 Å². The van der Waals surface area contributed by atoms with Crippen molar-refractivity contribution in [1.29, 1.82) is 0 Å². The SMILES string of the molecule is Cc1ccc(N2C(=NC(=O)CCC(=O)O)S[C@@H]3CS(=O)(=O)C[C@H]32)cc1C. The second kappa shape index (κ2) is 7.03. The highest BCUT2D eigenvalue weighted by atomic mass is 32.2. The maximum absolute atomic E-state index is 12.0. The largest absolute Gasteiger partial charge is 0.481 e. The molecule has 0 bridgehead atoms. The maximum atomic E-state index is 12.0. The number of amidine groups is 1. The summed E-state index contributed by atoms with van der Waals surface area (Å²) in [5, 5.41) is 8.99. The van der Waals surface area contributed by atoms with Gasteiger partial charge < -0.3 is 10.0 Å². The van der Waals surface area contributed by atoms with Crippen LogP contribution in [0.3, 0.4) is 0 Å². The number of aliphatic imine (C=N–C) groups is 1. The number of aryl methyl sites for hydroxylation is 2. The number of carboxylic acids is 1. The van der Waals surface area contributed by atoms with E-state index < -0.39 is 21.7 Å². The van der Waals surface area contributed by atoms with E-state index in [0.717, 1.165) is 16.8 Å². The Labute approximate surface area is 156 Å². The van der Waals surface area contributed by atoms with E-state index in [2.05, 4.69) is 4.99 Å². The van der Waals surface area contributed by atoms with Gasteiger partial charge in [0.05, 0.1) is 24.0 Å². The Morgan fingerprint density at radius 3 is 2.62 bits per heavy atom. The van der Waals surface area contributed by atoms with Crippen molar-refractivity contribution in [1.82, 2.24) is 0 Å². The molecule has 0 aliphatic carbocycles. The zero-order valence-electron chi connectivity index (χ0n) is 14.5. The number of rotatable bonds is 4. The number of sulfone groups is 1. The topological polar surface area (TPSA) is 104 Å². The van der Waals surface area contributed by atoms with Crippen molar-refractivity contribution in [3.63, 3.8) is 0 Å². The lowest BCUT2D eigenvalue weighted by molar-refractivity contribution is -0.138. The molecule has 2 saturated heterocycles. The second-order valence-corrected chi connectivity index (χ2v) is 9.98. The molecule has 0 aromatic heterocycles. The molecule has 1 aromatic rings. The molecule has 140 valence electrons. The minimum Gasteiger partial charge on any atom is -0.481 e. The van der Waals surface area contributed by atoms with Gasteiger partial charge in [0.2, 0.25) is 5.91 Å². The van der Waals surface area contributed by atoms with Crippen molar-refractivity contribution >= 4 is 44.3 Å². The van der Waals surface area contributed by atoms with Crippen LogP contribution < -0.4 is 4.90 Å². The summed E-state index contributed by atoms with van der Waals surface area (Å²) in [5.74, 6) is -1.47. The van der Waals surface area contributed by atoms with Crippen molar-refractivity contribution in [3.8, 4) is 0 Å². The Morgan fingerprint density at radius 2 is 1.96 bits per heavy atom.